The molecule has 0 aliphatic carbocycles. The zero-order chi connectivity index (χ0) is 14.4. The van der Waals surface area contributed by atoms with E-state index >= 15 is 0 Å². The Hall–Kier alpha value is -1.31. The summed E-state index contributed by atoms with van der Waals surface area (Å²) in [5.41, 5.74) is 1.84. The molecule has 1 aliphatic rings. The second-order valence-electron chi connectivity index (χ2n) is 2.45. The van der Waals surface area contributed by atoms with Gasteiger partial charge in [0, 0.05) is 12.7 Å². The average Bonchev–Trinajstić information content (AvgIpc) is 2.71. The summed E-state index contributed by atoms with van der Waals surface area (Å²) >= 11 is 0. The molecule has 100 valence electrons. The number of hydrogen-bond donors (Lipinski definition) is 0. The van der Waals surface area contributed by atoms with Crippen molar-refractivity contribution in [2.24, 2.45) is 0 Å². The SMILES string of the molecule is C=CC1=C(C=C)N(C)C(=O)C1.CC.CC.CC. The van der Waals surface area contributed by atoms with Gasteiger partial charge in [-0.25, -0.2) is 0 Å². The first-order valence-corrected chi connectivity index (χ1v) is 6.45. The minimum Gasteiger partial charge on any atom is -0.315 e. The molecule has 0 aromatic rings. The number of rotatable bonds is 2. The zero-order valence-corrected chi connectivity index (χ0v) is 12.6. The monoisotopic (exact) mass is 239 g/mol. The van der Waals surface area contributed by atoms with Crippen LogP contribution in [-0.4, -0.2) is 17.9 Å². The number of likely N-dealkylation sites (N-methyl/N-ethyl adjacent to an activating group) is 1. The third kappa shape index (κ3) is 6.77. The van der Waals surface area contributed by atoms with Crippen LogP contribution in [0.25, 0.3) is 0 Å². The summed E-state index contributed by atoms with van der Waals surface area (Å²) in [5, 5.41) is 0. The molecule has 2 nitrogen and oxygen atoms in total. The lowest BCUT2D eigenvalue weighted by molar-refractivity contribution is -0.125. The molecule has 0 unspecified atom stereocenters. The molecule has 0 aromatic heterocycles. The number of amides is 1. The molecule has 1 amide bonds. The maximum absolute atomic E-state index is 11.1. The predicted octanol–water partition coefficient (Wildman–Crippen LogP) is 4.55. The first-order chi connectivity index (χ1) is 8.20. The van der Waals surface area contributed by atoms with E-state index in [0.29, 0.717) is 6.42 Å². The van der Waals surface area contributed by atoms with Crippen molar-refractivity contribution in [3.8, 4) is 0 Å². The minimum absolute atomic E-state index is 0.106. The van der Waals surface area contributed by atoms with Crippen LogP contribution in [0.4, 0.5) is 0 Å². The van der Waals surface area contributed by atoms with Gasteiger partial charge in [-0.05, 0) is 11.6 Å². The summed E-state index contributed by atoms with van der Waals surface area (Å²) in [6, 6.07) is 0. The van der Waals surface area contributed by atoms with E-state index in [4.69, 9.17) is 0 Å². The molecule has 0 N–H and O–H groups in total. The Morgan fingerprint density at radius 1 is 1.00 bits per heavy atom. The summed E-state index contributed by atoms with van der Waals surface area (Å²) in [4.78, 5) is 12.7. The highest BCUT2D eigenvalue weighted by atomic mass is 16.2. The van der Waals surface area contributed by atoms with Crippen LogP contribution in [0.3, 0.4) is 0 Å². The van der Waals surface area contributed by atoms with Gasteiger partial charge in [-0.2, -0.15) is 0 Å². The first kappa shape index (κ1) is 21.0. The van der Waals surface area contributed by atoms with E-state index < -0.39 is 0 Å². The van der Waals surface area contributed by atoms with Gasteiger partial charge in [0.25, 0.3) is 0 Å². The van der Waals surface area contributed by atoms with Gasteiger partial charge in [0.2, 0.25) is 5.91 Å². The number of carbonyl (C=O) groups is 1. The Morgan fingerprint density at radius 2 is 1.41 bits per heavy atom. The Morgan fingerprint density at radius 3 is 1.65 bits per heavy atom. The fraction of sp³-hybridized carbons (Fsp3) is 0.533. The normalized spacial score (nSPS) is 12.4. The molecule has 17 heavy (non-hydrogen) atoms. The Balaban J connectivity index is -0.000000285. The van der Waals surface area contributed by atoms with Gasteiger partial charge >= 0.3 is 0 Å². The van der Waals surface area contributed by atoms with E-state index in [1.54, 1.807) is 24.1 Å². The topological polar surface area (TPSA) is 20.3 Å². The van der Waals surface area contributed by atoms with Crippen LogP contribution in [0, 0.1) is 0 Å². The quantitative estimate of drug-likeness (QED) is 0.692. The van der Waals surface area contributed by atoms with Crippen molar-refractivity contribution in [1.29, 1.82) is 0 Å². The molecule has 1 rings (SSSR count). The van der Waals surface area contributed by atoms with Gasteiger partial charge in [0.05, 0.1) is 6.42 Å². The third-order valence-corrected chi connectivity index (χ3v) is 1.85. The van der Waals surface area contributed by atoms with Crippen molar-refractivity contribution in [2.75, 3.05) is 7.05 Å². The molecule has 0 atom stereocenters. The van der Waals surface area contributed by atoms with Crippen molar-refractivity contribution >= 4 is 5.91 Å². The molecular weight excluding hydrogens is 210 g/mol. The van der Waals surface area contributed by atoms with Gasteiger partial charge in [0.1, 0.15) is 0 Å². The first-order valence-electron chi connectivity index (χ1n) is 6.45. The van der Waals surface area contributed by atoms with Crippen molar-refractivity contribution in [2.45, 2.75) is 48.0 Å². The summed E-state index contributed by atoms with van der Waals surface area (Å²) < 4.78 is 0. The molecule has 0 bridgehead atoms. The molecule has 0 saturated carbocycles. The number of nitrogens with zero attached hydrogens (tertiary/aromatic N) is 1. The lowest BCUT2D eigenvalue weighted by atomic mass is 10.2. The second kappa shape index (κ2) is 14.7. The van der Waals surface area contributed by atoms with Crippen molar-refractivity contribution in [1.82, 2.24) is 4.90 Å². The fourth-order valence-electron chi connectivity index (χ4n) is 1.17. The lowest BCUT2D eigenvalue weighted by Crippen LogP contribution is -2.18. The molecule has 1 aliphatic heterocycles. The van der Waals surface area contributed by atoms with E-state index in [1.807, 2.05) is 41.5 Å². The van der Waals surface area contributed by atoms with Crippen LogP contribution in [-0.2, 0) is 4.79 Å². The van der Waals surface area contributed by atoms with E-state index in [0.717, 1.165) is 11.3 Å². The van der Waals surface area contributed by atoms with E-state index in [9.17, 15) is 4.79 Å². The van der Waals surface area contributed by atoms with Crippen molar-refractivity contribution in [3.63, 3.8) is 0 Å². The summed E-state index contributed by atoms with van der Waals surface area (Å²) in [5.74, 6) is 0.106. The molecule has 2 heteroatoms. The smallest absolute Gasteiger partial charge is 0.231 e. The number of carbonyl (C=O) groups excluding carboxylic acids is 1. The molecule has 0 radical (unpaired) electrons. The Kier molecular flexibility index (Phi) is 18.2. The minimum atomic E-state index is 0.106. The molecule has 0 aromatic carbocycles. The van der Waals surface area contributed by atoms with Crippen LogP contribution < -0.4 is 0 Å². The molecule has 0 spiro atoms. The van der Waals surface area contributed by atoms with Gasteiger partial charge in [-0.15, -0.1) is 0 Å². The van der Waals surface area contributed by atoms with Gasteiger partial charge in [-0.3, -0.25) is 4.79 Å². The standard InChI is InChI=1S/C9H11NO.3C2H6/c1-4-7-6-9(11)10(3)8(7)5-2;3*1-2/h4-5H,1-2,6H2,3H3;3*1-2H3. The second-order valence-corrected chi connectivity index (χ2v) is 2.45. The number of hydrogen-bond acceptors (Lipinski definition) is 1. The largest absolute Gasteiger partial charge is 0.315 e. The molecular formula is C15H29NO. The van der Waals surface area contributed by atoms with Gasteiger partial charge in [-0.1, -0.05) is 60.8 Å². The highest BCUT2D eigenvalue weighted by molar-refractivity contribution is 5.85. The van der Waals surface area contributed by atoms with Gasteiger partial charge < -0.3 is 4.90 Å². The maximum atomic E-state index is 11.1. The lowest BCUT2D eigenvalue weighted by Gasteiger charge is -2.09. The highest BCUT2D eigenvalue weighted by Gasteiger charge is 2.22. The number of allylic oxidation sites excluding steroid dienone is 2. The molecule has 0 saturated heterocycles. The Bertz CT molecular complexity index is 252. The van der Waals surface area contributed by atoms with Crippen LogP contribution in [0.5, 0.6) is 0 Å². The third-order valence-electron chi connectivity index (χ3n) is 1.85. The Labute approximate surface area is 108 Å². The molecule has 1 heterocycles. The van der Waals surface area contributed by atoms with Crippen LogP contribution in [0.2, 0.25) is 0 Å². The fourth-order valence-corrected chi connectivity index (χ4v) is 1.17. The summed E-state index contributed by atoms with van der Waals surface area (Å²) in [6.07, 6.45) is 3.85. The average molecular weight is 239 g/mol. The van der Waals surface area contributed by atoms with E-state index in [2.05, 4.69) is 13.2 Å². The summed E-state index contributed by atoms with van der Waals surface area (Å²) in [6.45, 7) is 19.3. The maximum Gasteiger partial charge on any atom is 0.231 e. The van der Waals surface area contributed by atoms with Gasteiger partial charge in [0.15, 0.2) is 0 Å². The van der Waals surface area contributed by atoms with E-state index in [-0.39, 0.29) is 5.91 Å². The predicted molar refractivity (Wildman–Crippen MR) is 78.9 cm³/mol. The molecule has 0 fully saturated rings. The zero-order valence-electron chi connectivity index (χ0n) is 12.6. The summed E-state index contributed by atoms with van der Waals surface area (Å²) in [7, 11) is 1.75. The van der Waals surface area contributed by atoms with Crippen LogP contribution in [0.1, 0.15) is 48.0 Å². The highest BCUT2D eigenvalue weighted by Crippen LogP contribution is 2.23. The van der Waals surface area contributed by atoms with Crippen LogP contribution >= 0.6 is 0 Å². The van der Waals surface area contributed by atoms with Crippen LogP contribution in [0.15, 0.2) is 36.6 Å². The van der Waals surface area contributed by atoms with Crippen molar-refractivity contribution in [3.05, 3.63) is 36.6 Å². The van der Waals surface area contributed by atoms with Crippen molar-refractivity contribution < 1.29 is 4.79 Å². The van der Waals surface area contributed by atoms with E-state index in [1.165, 1.54) is 0 Å².